The van der Waals surface area contributed by atoms with Crippen LogP contribution in [0.2, 0.25) is 0 Å². The van der Waals surface area contributed by atoms with Crippen molar-refractivity contribution < 1.29 is 0 Å². The summed E-state index contributed by atoms with van der Waals surface area (Å²) in [6, 6.07) is 15.5. The first-order chi connectivity index (χ1) is 14.2. The van der Waals surface area contributed by atoms with Gasteiger partial charge in [0.2, 0.25) is 0 Å². The van der Waals surface area contributed by atoms with Gasteiger partial charge in [0.1, 0.15) is 5.82 Å². The quantitative estimate of drug-likeness (QED) is 0.395. The van der Waals surface area contributed by atoms with Gasteiger partial charge in [-0.1, -0.05) is 81.1 Å². The highest BCUT2D eigenvalue weighted by atomic mass is 79.9. The maximum absolute atomic E-state index is 4.94. The molecule has 1 aliphatic heterocycles. The van der Waals surface area contributed by atoms with Crippen LogP contribution in [-0.2, 0) is 0 Å². The molecule has 1 aromatic carbocycles. The molecule has 0 radical (unpaired) electrons. The highest BCUT2D eigenvalue weighted by Gasteiger charge is 2.23. The Hall–Kier alpha value is -1.39. The zero-order chi connectivity index (χ0) is 21.1. The van der Waals surface area contributed by atoms with Gasteiger partial charge in [-0.05, 0) is 37.1 Å². The summed E-state index contributed by atoms with van der Waals surface area (Å²) in [7, 11) is 0. The van der Waals surface area contributed by atoms with Crippen LogP contribution in [0.25, 0.3) is 11.3 Å². The largest absolute Gasteiger partial charge is 0.354 e. The summed E-state index contributed by atoms with van der Waals surface area (Å²) in [4.78, 5) is 10.1. The molecule has 1 aliphatic rings. The van der Waals surface area contributed by atoms with Crippen LogP contribution in [0.5, 0.6) is 0 Å². The van der Waals surface area contributed by atoms with Gasteiger partial charge in [-0.15, -0.1) is 0 Å². The molecule has 0 amide bonds. The Balaban J connectivity index is 0.00000145. The summed E-state index contributed by atoms with van der Waals surface area (Å²) in [6.07, 6.45) is 6.66. The Labute approximate surface area is 186 Å². The number of aromatic nitrogens is 1. The van der Waals surface area contributed by atoms with Crippen molar-refractivity contribution >= 4 is 21.7 Å². The fourth-order valence-electron chi connectivity index (χ4n) is 3.97. The molecule has 0 aliphatic carbocycles. The number of rotatable bonds is 8. The molecule has 1 unspecified atom stereocenters. The monoisotopic (exact) mass is 459 g/mol. The number of unbranched alkanes of at least 4 members (excludes halogenated alkanes) is 2. The zero-order valence-corrected chi connectivity index (χ0v) is 20.3. The second-order valence-electron chi connectivity index (χ2n) is 7.47. The van der Waals surface area contributed by atoms with E-state index in [1.165, 1.54) is 37.7 Å². The second kappa shape index (κ2) is 13.0. The minimum atomic E-state index is 0.751. The van der Waals surface area contributed by atoms with Crippen molar-refractivity contribution in [2.24, 2.45) is 0 Å². The van der Waals surface area contributed by atoms with Gasteiger partial charge >= 0.3 is 0 Å². The fraction of sp³-hybridized carbons (Fsp3) is 0.560. The number of hydrogen-bond donors (Lipinski definition) is 0. The van der Waals surface area contributed by atoms with Crippen LogP contribution in [0.3, 0.4) is 0 Å². The topological polar surface area (TPSA) is 19.4 Å². The van der Waals surface area contributed by atoms with Crippen LogP contribution >= 0.6 is 15.9 Å². The molecular formula is C25H38BrN3. The van der Waals surface area contributed by atoms with E-state index in [-0.39, 0.29) is 0 Å². The molecule has 2 heterocycles. The maximum atomic E-state index is 4.94. The maximum Gasteiger partial charge on any atom is 0.129 e. The average molecular weight is 461 g/mol. The van der Waals surface area contributed by atoms with Crippen molar-refractivity contribution in [3.8, 4) is 11.3 Å². The summed E-state index contributed by atoms with van der Waals surface area (Å²) >= 11 is 3.50. The van der Waals surface area contributed by atoms with E-state index in [0.29, 0.717) is 0 Å². The van der Waals surface area contributed by atoms with E-state index >= 15 is 0 Å². The number of benzene rings is 1. The molecule has 160 valence electrons. The van der Waals surface area contributed by atoms with Crippen molar-refractivity contribution in [3.05, 3.63) is 46.9 Å². The van der Waals surface area contributed by atoms with Gasteiger partial charge in [0, 0.05) is 42.3 Å². The van der Waals surface area contributed by atoms with Gasteiger partial charge in [0.25, 0.3) is 0 Å². The Morgan fingerprint density at radius 1 is 0.931 bits per heavy atom. The first-order valence-electron chi connectivity index (χ1n) is 11.4. The molecule has 3 rings (SSSR count). The number of hydrogen-bond acceptors (Lipinski definition) is 3. The number of pyridine rings is 1. The molecule has 0 bridgehead atoms. The average Bonchev–Trinajstić information content (AvgIpc) is 2.79. The molecule has 1 aromatic heterocycles. The van der Waals surface area contributed by atoms with Gasteiger partial charge in [0.15, 0.2) is 0 Å². The molecule has 0 saturated carbocycles. The van der Waals surface area contributed by atoms with Crippen molar-refractivity contribution in [1.82, 2.24) is 9.88 Å². The number of halogens is 1. The highest BCUT2D eigenvalue weighted by Crippen LogP contribution is 2.24. The lowest BCUT2D eigenvalue weighted by atomic mass is 10.0. The highest BCUT2D eigenvalue weighted by molar-refractivity contribution is 9.10. The van der Waals surface area contributed by atoms with Crippen LogP contribution in [-0.4, -0.2) is 42.1 Å². The van der Waals surface area contributed by atoms with Crippen molar-refractivity contribution in [2.45, 2.75) is 65.8 Å². The van der Waals surface area contributed by atoms with Crippen LogP contribution < -0.4 is 4.90 Å². The third kappa shape index (κ3) is 7.11. The SMILES string of the molecule is CC.CCCCCC(CC)N1CCN(c2cccc(-c3ccc(Br)cc3)n2)CC1. The molecular weight excluding hydrogens is 422 g/mol. The Morgan fingerprint density at radius 2 is 1.62 bits per heavy atom. The van der Waals surface area contributed by atoms with Gasteiger partial charge in [-0.25, -0.2) is 4.98 Å². The second-order valence-corrected chi connectivity index (χ2v) is 8.38. The summed E-state index contributed by atoms with van der Waals surface area (Å²) in [5, 5.41) is 0. The lowest BCUT2D eigenvalue weighted by molar-refractivity contribution is 0.168. The minimum Gasteiger partial charge on any atom is -0.354 e. The molecule has 1 saturated heterocycles. The third-order valence-electron chi connectivity index (χ3n) is 5.64. The Morgan fingerprint density at radius 3 is 2.24 bits per heavy atom. The van der Waals surface area contributed by atoms with Gasteiger partial charge in [-0.3, -0.25) is 4.90 Å². The molecule has 3 nitrogen and oxygen atoms in total. The predicted octanol–water partition coefficient (Wildman–Crippen LogP) is 7.02. The van der Waals surface area contributed by atoms with Crippen molar-refractivity contribution in [2.75, 3.05) is 31.1 Å². The molecule has 0 spiro atoms. The van der Waals surface area contributed by atoms with Crippen molar-refractivity contribution in [1.29, 1.82) is 0 Å². The predicted molar refractivity (Wildman–Crippen MR) is 131 cm³/mol. The van der Waals surface area contributed by atoms with Crippen LogP contribution in [0, 0.1) is 0 Å². The van der Waals surface area contributed by atoms with E-state index in [2.05, 4.69) is 82.0 Å². The fourth-order valence-corrected chi connectivity index (χ4v) is 4.24. The normalized spacial score (nSPS) is 15.6. The van der Waals surface area contributed by atoms with Gasteiger partial charge in [0.05, 0.1) is 5.69 Å². The van der Waals surface area contributed by atoms with Crippen LogP contribution in [0.15, 0.2) is 46.9 Å². The smallest absolute Gasteiger partial charge is 0.129 e. The van der Waals surface area contributed by atoms with E-state index in [0.717, 1.165) is 48.2 Å². The first-order valence-corrected chi connectivity index (χ1v) is 12.2. The molecule has 0 N–H and O–H groups in total. The molecule has 1 atom stereocenters. The number of piperazine rings is 1. The van der Waals surface area contributed by atoms with Crippen molar-refractivity contribution in [3.63, 3.8) is 0 Å². The number of nitrogens with zero attached hydrogens (tertiary/aromatic N) is 3. The van der Waals surface area contributed by atoms with E-state index in [1.54, 1.807) is 0 Å². The first kappa shape index (κ1) is 23.9. The zero-order valence-electron chi connectivity index (χ0n) is 18.7. The third-order valence-corrected chi connectivity index (χ3v) is 6.17. The lowest BCUT2D eigenvalue weighted by Crippen LogP contribution is -2.50. The van der Waals surface area contributed by atoms with E-state index < -0.39 is 0 Å². The van der Waals surface area contributed by atoms with Crippen LogP contribution in [0.4, 0.5) is 5.82 Å². The standard InChI is InChI=1S/C23H32BrN3.C2H6/c1-3-5-6-8-21(4-2)26-15-17-27(18-16-26)23-10-7-9-22(25-23)19-11-13-20(24)14-12-19;1-2/h7,9-14,21H,3-6,8,15-18H2,1-2H3;1-2H3. The summed E-state index contributed by atoms with van der Waals surface area (Å²) in [5.41, 5.74) is 2.22. The molecule has 2 aromatic rings. The Kier molecular flexibility index (Phi) is 10.7. The van der Waals surface area contributed by atoms with E-state index in [4.69, 9.17) is 4.98 Å². The van der Waals surface area contributed by atoms with Gasteiger partial charge in [-0.2, -0.15) is 0 Å². The molecule has 29 heavy (non-hydrogen) atoms. The Bertz CT molecular complexity index is 693. The summed E-state index contributed by atoms with van der Waals surface area (Å²) in [6.45, 7) is 13.1. The summed E-state index contributed by atoms with van der Waals surface area (Å²) in [5.74, 6) is 1.11. The number of anilines is 1. The minimum absolute atomic E-state index is 0.751. The lowest BCUT2D eigenvalue weighted by Gasteiger charge is -2.39. The van der Waals surface area contributed by atoms with Crippen LogP contribution in [0.1, 0.15) is 59.8 Å². The molecule has 4 heteroatoms. The van der Waals surface area contributed by atoms with E-state index in [9.17, 15) is 0 Å². The van der Waals surface area contributed by atoms with Gasteiger partial charge < -0.3 is 4.90 Å². The summed E-state index contributed by atoms with van der Waals surface area (Å²) < 4.78 is 1.10. The molecule has 1 fully saturated rings. The van der Waals surface area contributed by atoms with E-state index in [1.807, 2.05) is 13.8 Å².